The maximum absolute atomic E-state index is 13.2. The average Bonchev–Trinajstić information content (AvgIpc) is 3.48. The molecule has 4 heteroatoms. The van der Waals surface area contributed by atoms with E-state index < -0.39 is 5.41 Å². The summed E-state index contributed by atoms with van der Waals surface area (Å²) < 4.78 is 13.2. The van der Waals surface area contributed by atoms with Crippen molar-refractivity contribution in [1.29, 1.82) is 0 Å². The molecule has 1 amide bonds. The number of carbonyl (C=O) groups excluding carboxylic acids is 1. The van der Waals surface area contributed by atoms with E-state index in [-0.39, 0.29) is 17.8 Å². The summed E-state index contributed by atoms with van der Waals surface area (Å²) >= 11 is 0. The molecule has 27 heavy (non-hydrogen) atoms. The molecule has 4 rings (SSSR count). The Morgan fingerprint density at radius 3 is 2.41 bits per heavy atom. The number of aryl methyl sites for hydroxylation is 1. The van der Waals surface area contributed by atoms with E-state index in [0.29, 0.717) is 0 Å². The molecule has 0 bridgehead atoms. The summed E-state index contributed by atoms with van der Waals surface area (Å²) in [6.07, 6.45) is 3.68. The van der Waals surface area contributed by atoms with Crippen molar-refractivity contribution in [2.45, 2.75) is 50.6 Å². The first kappa shape index (κ1) is 18.2. The van der Waals surface area contributed by atoms with Gasteiger partial charge < -0.3 is 5.32 Å². The fourth-order valence-electron chi connectivity index (χ4n) is 4.13. The average molecular weight is 366 g/mol. The van der Waals surface area contributed by atoms with Gasteiger partial charge in [0.05, 0.1) is 5.41 Å². The van der Waals surface area contributed by atoms with Crippen LogP contribution in [-0.4, -0.2) is 29.9 Å². The molecule has 142 valence electrons. The highest BCUT2D eigenvalue weighted by Gasteiger charge is 2.51. The predicted octanol–water partition coefficient (Wildman–Crippen LogP) is 3.95. The molecule has 2 aromatic carbocycles. The van der Waals surface area contributed by atoms with Gasteiger partial charge in [-0.2, -0.15) is 0 Å². The van der Waals surface area contributed by atoms with Gasteiger partial charge in [0.1, 0.15) is 5.82 Å². The molecule has 0 radical (unpaired) electrons. The van der Waals surface area contributed by atoms with Gasteiger partial charge in [0.25, 0.3) is 0 Å². The van der Waals surface area contributed by atoms with Crippen molar-refractivity contribution < 1.29 is 9.18 Å². The Kier molecular flexibility index (Phi) is 5.00. The zero-order valence-corrected chi connectivity index (χ0v) is 15.9. The van der Waals surface area contributed by atoms with E-state index in [1.54, 1.807) is 12.1 Å². The van der Waals surface area contributed by atoms with Gasteiger partial charge in [0, 0.05) is 25.7 Å². The highest BCUT2D eigenvalue weighted by molar-refractivity contribution is 5.91. The molecular formula is C23H27FN2O. The number of benzene rings is 2. The number of rotatable bonds is 5. The fourth-order valence-corrected chi connectivity index (χ4v) is 4.13. The minimum absolute atomic E-state index is 0.117. The van der Waals surface area contributed by atoms with Crippen molar-refractivity contribution in [3.05, 3.63) is 71.0 Å². The normalized spacial score (nSPS) is 19.6. The second-order valence-electron chi connectivity index (χ2n) is 8.04. The van der Waals surface area contributed by atoms with E-state index in [0.717, 1.165) is 50.9 Å². The summed E-state index contributed by atoms with van der Waals surface area (Å²) in [6.45, 7) is 5.14. The van der Waals surface area contributed by atoms with Crippen molar-refractivity contribution >= 4 is 5.91 Å². The van der Waals surface area contributed by atoms with Crippen LogP contribution in [0.25, 0.3) is 0 Å². The first-order chi connectivity index (χ1) is 13.1. The van der Waals surface area contributed by atoms with Crippen LogP contribution in [0.15, 0.2) is 48.5 Å². The third-order valence-electron chi connectivity index (χ3n) is 6.16. The molecule has 1 saturated heterocycles. The lowest BCUT2D eigenvalue weighted by molar-refractivity contribution is -0.124. The van der Waals surface area contributed by atoms with Crippen molar-refractivity contribution in [1.82, 2.24) is 10.2 Å². The van der Waals surface area contributed by atoms with Crippen LogP contribution in [0.5, 0.6) is 0 Å². The highest BCUT2D eigenvalue weighted by Crippen LogP contribution is 2.48. The summed E-state index contributed by atoms with van der Waals surface area (Å²) in [6, 6.07) is 15.2. The van der Waals surface area contributed by atoms with E-state index >= 15 is 0 Å². The third kappa shape index (κ3) is 3.91. The van der Waals surface area contributed by atoms with Crippen LogP contribution in [0, 0.1) is 12.7 Å². The number of halogens is 1. The number of amides is 1. The predicted molar refractivity (Wildman–Crippen MR) is 105 cm³/mol. The molecule has 1 heterocycles. The van der Waals surface area contributed by atoms with E-state index in [9.17, 15) is 9.18 Å². The summed E-state index contributed by atoms with van der Waals surface area (Å²) in [7, 11) is 0. The van der Waals surface area contributed by atoms with Gasteiger partial charge >= 0.3 is 0 Å². The van der Waals surface area contributed by atoms with Crippen molar-refractivity contribution in [3.63, 3.8) is 0 Å². The van der Waals surface area contributed by atoms with Crippen molar-refractivity contribution in [2.75, 3.05) is 13.1 Å². The zero-order chi connectivity index (χ0) is 18.9. The van der Waals surface area contributed by atoms with Gasteiger partial charge in [0.2, 0.25) is 5.91 Å². The first-order valence-electron chi connectivity index (χ1n) is 9.91. The molecule has 2 aromatic rings. The Morgan fingerprint density at radius 1 is 1.11 bits per heavy atom. The molecular weight excluding hydrogens is 339 g/mol. The van der Waals surface area contributed by atoms with Gasteiger partial charge in [-0.1, -0.05) is 36.4 Å². The van der Waals surface area contributed by atoms with E-state index in [1.807, 2.05) is 0 Å². The van der Waals surface area contributed by atoms with Crippen molar-refractivity contribution in [2.24, 2.45) is 0 Å². The van der Waals surface area contributed by atoms with Crippen LogP contribution in [0.3, 0.4) is 0 Å². The molecule has 0 unspecified atom stereocenters. The van der Waals surface area contributed by atoms with Crippen LogP contribution in [-0.2, 0) is 16.8 Å². The summed E-state index contributed by atoms with van der Waals surface area (Å²) in [5, 5.41) is 3.27. The van der Waals surface area contributed by atoms with Gasteiger partial charge in [-0.25, -0.2) is 4.39 Å². The third-order valence-corrected chi connectivity index (χ3v) is 6.16. The molecule has 0 atom stereocenters. The van der Waals surface area contributed by atoms with Crippen LogP contribution in [0.1, 0.15) is 42.4 Å². The number of nitrogens with one attached hydrogen (secondary N) is 1. The fraction of sp³-hybridized carbons (Fsp3) is 0.435. The van der Waals surface area contributed by atoms with Gasteiger partial charge in [-0.3, -0.25) is 9.69 Å². The van der Waals surface area contributed by atoms with Crippen molar-refractivity contribution in [3.8, 4) is 0 Å². The number of nitrogens with zero attached hydrogens (tertiary/aromatic N) is 1. The Bertz CT molecular complexity index is 805. The topological polar surface area (TPSA) is 32.3 Å². The minimum Gasteiger partial charge on any atom is -0.353 e. The number of likely N-dealkylation sites (tertiary alicyclic amines) is 1. The molecule has 2 fully saturated rings. The number of hydrogen-bond donors (Lipinski definition) is 1. The Labute approximate surface area is 160 Å². The highest BCUT2D eigenvalue weighted by atomic mass is 19.1. The Balaban J connectivity index is 1.31. The molecule has 1 aliphatic heterocycles. The molecule has 2 aliphatic rings. The maximum atomic E-state index is 13.2. The molecule has 1 aliphatic carbocycles. The number of hydrogen-bond acceptors (Lipinski definition) is 2. The van der Waals surface area contributed by atoms with Gasteiger partial charge in [-0.05, 0) is 61.4 Å². The summed E-state index contributed by atoms with van der Waals surface area (Å²) in [5.74, 6) is -0.137. The first-order valence-corrected chi connectivity index (χ1v) is 9.91. The van der Waals surface area contributed by atoms with Gasteiger partial charge in [0.15, 0.2) is 0 Å². The molecule has 0 spiro atoms. The number of piperidine rings is 1. The van der Waals surface area contributed by atoms with Crippen LogP contribution >= 0.6 is 0 Å². The summed E-state index contributed by atoms with van der Waals surface area (Å²) in [5.41, 5.74) is 3.24. The van der Waals surface area contributed by atoms with Gasteiger partial charge in [-0.15, -0.1) is 0 Å². The minimum atomic E-state index is -0.425. The molecule has 1 saturated carbocycles. The van der Waals surface area contributed by atoms with E-state index in [1.165, 1.54) is 23.3 Å². The van der Waals surface area contributed by atoms with Crippen LogP contribution < -0.4 is 5.32 Å². The quantitative estimate of drug-likeness (QED) is 0.869. The lowest BCUT2D eigenvalue weighted by Gasteiger charge is -2.33. The maximum Gasteiger partial charge on any atom is 0.230 e. The number of carbonyl (C=O) groups is 1. The van der Waals surface area contributed by atoms with Crippen LogP contribution in [0.4, 0.5) is 4.39 Å². The SMILES string of the molecule is Cc1ccccc1CN1CCC(NC(=O)C2(c3ccc(F)cc3)CC2)CC1. The zero-order valence-electron chi connectivity index (χ0n) is 15.9. The molecule has 1 N–H and O–H groups in total. The Morgan fingerprint density at radius 2 is 1.78 bits per heavy atom. The second-order valence-corrected chi connectivity index (χ2v) is 8.04. The lowest BCUT2D eigenvalue weighted by Crippen LogP contribution is -2.47. The monoisotopic (exact) mass is 366 g/mol. The largest absolute Gasteiger partial charge is 0.353 e. The molecule has 0 aromatic heterocycles. The smallest absolute Gasteiger partial charge is 0.230 e. The summed E-state index contributed by atoms with van der Waals surface area (Å²) in [4.78, 5) is 15.3. The Hall–Kier alpha value is -2.20. The standard InChI is InChI=1S/C23H27FN2O/c1-17-4-2-3-5-18(17)16-26-14-10-21(11-15-26)25-22(27)23(12-13-23)19-6-8-20(24)9-7-19/h2-9,21H,10-16H2,1H3,(H,25,27). The van der Waals surface area contributed by atoms with Crippen LogP contribution in [0.2, 0.25) is 0 Å². The van der Waals surface area contributed by atoms with E-state index in [4.69, 9.17) is 0 Å². The molecule has 3 nitrogen and oxygen atoms in total. The lowest BCUT2D eigenvalue weighted by atomic mass is 9.93. The van der Waals surface area contributed by atoms with E-state index in [2.05, 4.69) is 41.4 Å². The second kappa shape index (κ2) is 7.43.